The van der Waals surface area contributed by atoms with Gasteiger partial charge in [0.2, 0.25) is 15.9 Å². The highest BCUT2D eigenvalue weighted by molar-refractivity contribution is 7.90. The first-order valence-corrected chi connectivity index (χ1v) is 16.9. The number of aromatic nitrogens is 1. The molecule has 0 bridgehead atoms. The molecule has 3 N–H and O–H groups in total. The van der Waals surface area contributed by atoms with Crippen LogP contribution in [-0.2, 0) is 26.0 Å². The Kier molecular flexibility index (Phi) is 10.6. The Morgan fingerprint density at radius 3 is 2.52 bits per heavy atom. The summed E-state index contributed by atoms with van der Waals surface area (Å²) in [6.07, 6.45) is 3.06. The third kappa shape index (κ3) is 7.65. The molecule has 1 aromatic heterocycles. The Labute approximate surface area is 271 Å². The molecule has 0 spiro atoms. The molecule has 1 saturated heterocycles. The number of piperazine rings is 1. The molecule has 2 amide bonds. The van der Waals surface area contributed by atoms with Crippen LogP contribution in [0.1, 0.15) is 48.8 Å². The minimum Gasteiger partial charge on any atom is -0.453 e. The molecule has 1 saturated carbocycles. The number of rotatable bonds is 11. The van der Waals surface area contributed by atoms with Crippen LogP contribution in [0.5, 0.6) is 0 Å². The van der Waals surface area contributed by atoms with Crippen molar-refractivity contribution in [3.63, 3.8) is 0 Å². The van der Waals surface area contributed by atoms with Crippen molar-refractivity contribution in [1.82, 2.24) is 19.9 Å². The number of carbonyl (C=O) groups is 2. The summed E-state index contributed by atoms with van der Waals surface area (Å²) in [5, 5.41) is 8.59. The van der Waals surface area contributed by atoms with Gasteiger partial charge in [0.15, 0.2) is 0 Å². The number of ether oxygens (including phenoxy) is 1. The molecule has 1 aliphatic heterocycles. The number of carbonyl (C=O) groups excluding carboxylic acids is 2. The lowest BCUT2D eigenvalue weighted by atomic mass is 9.84. The van der Waals surface area contributed by atoms with E-state index >= 15 is 4.39 Å². The summed E-state index contributed by atoms with van der Waals surface area (Å²) in [6.45, 7) is 2.77. The van der Waals surface area contributed by atoms with Gasteiger partial charge in [-0.1, -0.05) is 35.9 Å². The summed E-state index contributed by atoms with van der Waals surface area (Å²) in [6, 6.07) is 10.1. The predicted molar refractivity (Wildman–Crippen MR) is 170 cm³/mol. The second kappa shape index (κ2) is 14.4. The largest absolute Gasteiger partial charge is 0.453 e. The Morgan fingerprint density at radius 1 is 1.11 bits per heavy atom. The van der Waals surface area contributed by atoms with Gasteiger partial charge in [-0.2, -0.15) is 4.31 Å². The number of nitrogens with zero attached hydrogens (tertiary/aromatic N) is 2. The molecule has 2 aromatic carbocycles. The summed E-state index contributed by atoms with van der Waals surface area (Å²) in [7, 11) is -2.35. The number of hydrogen-bond acceptors (Lipinski definition) is 7. The summed E-state index contributed by atoms with van der Waals surface area (Å²) >= 11 is 6.11. The van der Waals surface area contributed by atoms with Gasteiger partial charge in [0.25, 0.3) is 0 Å². The average molecular weight is 676 g/mol. The SMILES string of the molecule is COC(=O)N[C@H](C(=O)Nc1cncc(F)c1CC[C@H]1CNC[C@H](C)N1S(=O)(=O)C1CC1)C(c1ccc(Cl)cc1)c1cccc(F)c1. The number of methoxy groups -OCH3 is 1. The highest BCUT2D eigenvalue weighted by Gasteiger charge is 2.45. The number of sulfonamides is 1. The van der Waals surface area contributed by atoms with E-state index < -0.39 is 51.7 Å². The van der Waals surface area contributed by atoms with E-state index in [-0.39, 0.29) is 35.4 Å². The highest BCUT2D eigenvalue weighted by atomic mass is 35.5. The summed E-state index contributed by atoms with van der Waals surface area (Å²) in [5.74, 6) is -2.88. The molecule has 4 atom stereocenters. The Morgan fingerprint density at radius 2 is 1.85 bits per heavy atom. The van der Waals surface area contributed by atoms with Crippen LogP contribution in [-0.4, -0.2) is 73.3 Å². The van der Waals surface area contributed by atoms with E-state index in [1.165, 1.54) is 24.4 Å². The highest BCUT2D eigenvalue weighted by Crippen LogP contribution is 2.35. The number of hydrogen-bond donors (Lipinski definition) is 3. The van der Waals surface area contributed by atoms with Gasteiger partial charge in [-0.3, -0.25) is 9.78 Å². The first-order valence-electron chi connectivity index (χ1n) is 15.0. The van der Waals surface area contributed by atoms with Crippen molar-refractivity contribution in [2.45, 2.75) is 61.9 Å². The van der Waals surface area contributed by atoms with Crippen molar-refractivity contribution in [3.05, 3.63) is 94.3 Å². The predicted octanol–water partition coefficient (Wildman–Crippen LogP) is 4.60. The fourth-order valence-electron chi connectivity index (χ4n) is 6.00. The van der Waals surface area contributed by atoms with Crippen LogP contribution in [0.4, 0.5) is 19.3 Å². The van der Waals surface area contributed by atoms with E-state index in [9.17, 15) is 22.4 Å². The first-order chi connectivity index (χ1) is 22.0. The van der Waals surface area contributed by atoms with Crippen LogP contribution in [0.15, 0.2) is 60.9 Å². The zero-order valence-electron chi connectivity index (χ0n) is 25.4. The molecule has 10 nitrogen and oxygen atoms in total. The monoisotopic (exact) mass is 675 g/mol. The van der Waals surface area contributed by atoms with Gasteiger partial charge in [-0.15, -0.1) is 0 Å². The first kappa shape index (κ1) is 33.7. The van der Waals surface area contributed by atoms with E-state index in [0.717, 1.165) is 13.3 Å². The molecule has 2 aliphatic rings. The molecule has 14 heteroatoms. The maximum Gasteiger partial charge on any atom is 0.407 e. The second-order valence-corrected chi connectivity index (χ2v) is 14.2. The summed E-state index contributed by atoms with van der Waals surface area (Å²) in [4.78, 5) is 30.5. The van der Waals surface area contributed by atoms with Gasteiger partial charge < -0.3 is 20.7 Å². The van der Waals surface area contributed by atoms with Crippen molar-refractivity contribution in [2.24, 2.45) is 0 Å². The lowest BCUT2D eigenvalue weighted by Crippen LogP contribution is -2.59. The van der Waals surface area contributed by atoms with Crippen molar-refractivity contribution in [1.29, 1.82) is 0 Å². The molecule has 2 fully saturated rings. The van der Waals surface area contributed by atoms with Gasteiger partial charge in [-0.25, -0.2) is 22.0 Å². The summed E-state index contributed by atoms with van der Waals surface area (Å²) in [5.41, 5.74) is 1.12. The maximum atomic E-state index is 15.3. The zero-order valence-corrected chi connectivity index (χ0v) is 27.0. The van der Waals surface area contributed by atoms with E-state index in [0.29, 0.717) is 42.1 Å². The van der Waals surface area contributed by atoms with Gasteiger partial charge in [0, 0.05) is 41.7 Å². The Bertz CT molecular complexity index is 1680. The minimum absolute atomic E-state index is 0.0594. The Balaban J connectivity index is 1.45. The van der Waals surface area contributed by atoms with Gasteiger partial charge in [0.05, 0.1) is 30.4 Å². The van der Waals surface area contributed by atoms with E-state index in [4.69, 9.17) is 16.3 Å². The quantitative estimate of drug-likeness (QED) is 0.271. The number of nitrogens with one attached hydrogen (secondary N) is 3. The molecule has 2 heterocycles. The fraction of sp³-hybridized carbons (Fsp3) is 0.406. The number of alkyl carbamates (subject to hydrolysis) is 1. The molecule has 3 aromatic rings. The van der Waals surface area contributed by atoms with E-state index in [2.05, 4.69) is 20.9 Å². The van der Waals surface area contributed by atoms with Crippen LogP contribution in [0, 0.1) is 11.6 Å². The molecule has 46 heavy (non-hydrogen) atoms. The number of anilines is 1. The van der Waals surface area contributed by atoms with Gasteiger partial charge >= 0.3 is 6.09 Å². The van der Waals surface area contributed by atoms with Gasteiger partial charge in [-0.05, 0) is 68.0 Å². The molecule has 1 aliphatic carbocycles. The normalized spacial score (nSPS) is 20.0. The van der Waals surface area contributed by atoms with Crippen LogP contribution in [0.2, 0.25) is 5.02 Å². The van der Waals surface area contributed by atoms with Crippen LogP contribution in [0.3, 0.4) is 0 Å². The van der Waals surface area contributed by atoms with Crippen LogP contribution in [0.25, 0.3) is 0 Å². The van der Waals surface area contributed by atoms with Crippen molar-refractivity contribution < 1.29 is 31.5 Å². The zero-order chi connectivity index (χ0) is 33.0. The molecular weight excluding hydrogens is 640 g/mol. The molecule has 246 valence electrons. The maximum absolute atomic E-state index is 15.3. The molecule has 1 unspecified atom stereocenters. The average Bonchev–Trinajstić information content (AvgIpc) is 3.88. The lowest BCUT2D eigenvalue weighted by molar-refractivity contribution is -0.118. The van der Waals surface area contributed by atoms with E-state index in [1.54, 1.807) is 34.6 Å². The van der Waals surface area contributed by atoms with Crippen molar-refractivity contribution in [2.75, 3.05) is 25.5 Å². The number of halogens is 3. The Hall–Kier alpha value is -3.65. The molecule has 5 rings (SSSR count). The lowest BCUT2D eigenvalue weighted by Gasteiger charge is -2.40. The smallest absolute Gasteiger partial charge is 0.407 e. The fourth-order valence-corrected chi connectivity index (χ4v) is 8.38. The summed E-state index contributed by atoms with van der Waals surface area (Å²) < 4.78 is 62.7. The third-order valence-electron chi connectivity index (χ3n) is 8.36. The van der Waals surface area contributed by atoms with Crippen molar-refractivity contribution in [3.8, 4) is 0 Å². The number of benzene rings is 2. The van der Waals surface area contributed by atoms with Crippen LogP contribution < -0.4 is 16.0 Å². The van der Waals surface area contributed by atoms with Gasteiger partial charge in [0.1, 0.15) is 17.7 Å². The minimum atomic E-state index is -3.49. The second-order valence-electron chi connectivity index (χ2n) is 11.6. The third-order valence-corrected chi connectivity index (χ3v) is 11.2. The molecule has 0 radical (unpaired) electrons. The number of amides is 2. The van der Waals surface area contributed by atoms with Crippen LogP contribution >= 0.6 is 11.6 Å². The van der Waals surface area contributed by atoms with E-state index in [1.807, 2.05) is 6.92 Å². The van der Waals surface area contributed by atoms with Crippen molar-refractivity contribution >= 4 is 39.3 Å². The number of pyridine rings is 1. The standard InChI is InChI=1S/C32H36ClF2N5O5S/c1-19-15-36-16-24(40(19)46(43,44)25-11-12-25)10-13-26-27(35)17-37-18-28(26)38-31(41)30(39-32(42)45-2)29(20-6-8-22(33)9-7-20)21-4-3-5-23(34)14-21/h3-9,14,17-19,24-25,29-30,36H,10-13,15-16H2,1-2H3,(H,38,41)(H,39,42)/t19-,24-,29?,30-/m0/s1. The topological polar surface area (TPSA) is 130 Å². The molecular formula is C32H36ClF2N5O5S.